The summed E-state index contributed by atoms with van der Waals surface area (Å²) in [6, 6.07) is 6.40. The maximum Gasteiger partial charge on any atom is 0.244 e. The molecule has 1 aromatic rings. The lowest BCUT2D eigenvalue weighted by atomic mass is 10.2. The Morgan fingerprint density at radius 1 is 1.22 bits per heavy atom. The van der Waals surface area contributed by atoms with Crippen molar-refractivity contribution in [3.63, 3.8) is 0 Å². The normalized spacial score (nSPS) is 17.0. The molecule has 1 aromatic carbocycles. The monoisotopic (exact) mass is 269 g/mol. The average Bonchev–Trinajstić information content (AvgIpc) is 2.99. The highest BCUT2D eigenvalue weighted by Gasteiger charge is 2.45. The molecular weight excluding hydrogens is 254 g/mol. The molecule has 98 valence electrons. The molecule has 18 heavy (non-hydrogen) atoms. The second-order valence-corrected chi connectivity index (χ2v) is 6.31. The van der Waals surface area contributed by atoms with Gasteiger partial charge in [-0.15, -0.1) is 0 Å². The van der Waals surface area contributed by atoms with Crippen molar-refractivity contribution >= 4 is 27.3 Å². The summed E-state index contributed by atoms with van der Waals surface area (Å²) in [5, 5.41) is 2.69. The van der Waals surface area contributed by atoms with E-state index in [1.165, 1.54) is 0 Å². The molecule has 1 fully saturated rings. The Morgan fingerprint density at radius 2 is 1.72 bits per heavy atom. The molecule has 0 unspecified atom stereocenters. The first-order valence-corrected chi connectivity index (χ1v) is 7.36. The van der Waals surface area contributed by atoms with Crippen LogP contribution in [0.1, 0.15) is 12.8 Å². The van der Waals surface area contributed by atoms with Crippen LogP contribution >= 0.6 is 0 Å². The fraction of sp³-hybridized carbons (Fsp3) is 0.364. The van der Waals surface area contributed by atoms with Crippen molar-refractivity contribution in [2.75, 3.05) is 16.3 Å². The first-order chi connectivity index (χ1) is 8.28. The first kappa shape index (κ1) is 12.8. The van der Waals surface area contributed by atoms with Crippen LogP contribution in [0.3, 0.4) is 0 Å². The second-order valence-electron chi connectivity index (χ2n) is 4.56. The van der Waals surface area contributed by atoms with Crippen molar-refractivity contribution in [3.8, 4) is 0 Å². The molecule has 0 bridgehead atoms. The zero-order valence-corrected chi connectivity index (χ0v) is 10.8. The Hall–Kier alpha value is -1.60. The van der Waals surface area contributed by atoms with Crippen molar-refractivity contribution in [2.45, 2.75) is 18.4 Å². The number of sulfonamides is 1. The maximum absolute atomic E-state index is 11.7. The summed E-state index contributed by atoms with van der Waals surface area (Å²) < 4.78 is 24.4. The molecule has 0 spiro atoms. The summed E-state index contributed by atoms with van der Waals surface area (Å²) in [5.41, 5.74) is 6.07. The van der Waals surface area contributed by atoms with Crippen LogP contribution in [0.5, 0.6) is 0 Å². The Balaban J connectivity index is 2.02. The number of hydrogen-bond acceptors (Lipinski definition) is 4. The number of carbonyl (C=O) groups is 1. The molecule has 1 saturated carbocycles. The van der Waals surface area contributed by atoms with Gasteiger partial charge in [0.05, 0.1) is 11.8 Å². The van der Waals surface area contributed by atoms with E-state index >= 15 is 0 Å². The van der Waals surface area contributed by atoms with Gasteiger partial charge in [-0.2, -0.15) is 0 Å². The van der Waals surface area contributed by atoms with Crippen LogP contribution in [0.4, 0.5) is 11.4 Å². The van der Waals surface area contributed by atoms with Gasteiger partial charge in [-0.3, -0.25) is 9.52 Å². The van der Waals surface area contributed by atoms with Gasteiger partial charge in [-0.1, -0.05) is 0 Å². The van der Waals surface area contributed by atoms with Crippen molar-refractivity contribution < 1.29 is 13.2 Å². The molecule has 1 amide bonds. The van der Waals surface area contributed by atoms with Crippen molar-refractivity contribution in [3.05, 3.63) is 24.3 Å². The molecule has 0 radical (unpaired) electrons. The largest absolute Gasteiger partial charge is 0.324 e. The predicted octanol–water partition coefficient (Wildman–Crippen LogP) is 0.488. The fourth-order valence-electron chi connectivity index (χ4n) is 1.45. The summed E-state index contributed by atoms with van der Waals surface area (Å²) >= 11 is 0. The summed E-state index contributed by atoms with van der Waals surface area (Å²) in [6.45, 7) is 0. The first-order valence-electron chi connectivity index (χ1n) is 5.47. The van der Waals surface area contributed by atoms with Gasteiger partial charge in [0, 0.05) is 11.4 Å². The minimum Gasteiger partial charge on any atom is -0.324 e. The minimum absolute atomic E-state index is 0.202. The third-order valence-corrected chi connectivity index (χ3v) is 3.29. The highest BCUT2D eigenvalue weighted by Crippen LogP contribution is 2.33. The molecule has 0 saturated heterocycles. The lowest BCUT2D eigenvalue weighted by Crippen LogP contribution is -2.37. The molecule has 6 nitrogen and oxygen atoms in total. The van der Waals surface area contributed by atoms with Gasteiger partial charge in [-0.25, -0.2) is 8.42 Å². The van der Waals surface area contributed by atoms with E-state index in [9.17, 15) is 13.2 Å². The van der Waals surface area contributed by atoms with Gasteiger partial charge >= 0.3 is 0 Å². The number of hydrogen-bond donors (Lipinski definition) is 3. The molecule has 0 atom stereocenters. The van der Waals surface area contributed by atoms with Crippen LogP contribution in [-0.2, 0) is 14.8 Å². The molecule has 0 aliphatic heterocycles. The van der Waals surface area contributed by atoms with E-state index in [4.69, 9.17) is 5.73 Å². The van der Waals surface area contributed by atoms with E-state index in [-0.39, 0.29) is 5.91 Å². The molecule has 1 aliphatic rings. The number of benzene rings is 1. The Labute approximate surface area is 106 Å². The van der Waals surface area contributed by atoms with Crippen LogP contribution in [0.2, 0.25) is 0 Å². The topological polar surface area (TPSA) is 101 Å². The molecule has 2 rings (SSSR count). The van der Waals surface area contributed by atoms with Gasteiger partial charge in [0.15, 0.2) is 0 Å². The van der Waals surface area contributed by atoms with E-state index in [0.29, 0.717) is 24.2 Å². The van der Waals surface area contributed by atoms with E-state index in [0.717, 1.165) is 6.26 Å². The summed E-state index contributed by atoms with van der Waals surface area (Å²) in [7, 11) is -3.28. The Morgan fingerprint density at radius 3 is 2.17 bits per heavy atom. The van der Waals surface area contributed by atoms with Crippen LogP contribution in [0, 0.1) is 0 Å². The zero-order valence-electron chi connectivity index (χ0n) is 9.93. The fourth-order valence-corrected chi connectivity index (χ4v) is 2.02. The highest BCUT2D eigenvalue weighted by molar-refractivity contribution is 7.92. The lowest BCUT2D eigenvalue weighted by Gasteiger charge is -2.10. The van der Waals surface area contributed by atoms with Crippen LogP contribution < -0.4 is 15.8 Å². The SMILES string of the molecule is CS(=O)(=O)Nc1ccc(NC(=O)C2(N)CC2)cc1. The van der Waals surface area contributed by atoms with Gasteiger partial charge < -0.3 is 11.1 Å². The molecular formula is C11H15N3O3S. The van der Waals surface area contributed by atoms with E-state index in [1.54, 1.807) is 24.3 Å². The Kier molecular flexibility index (Phi) is 3.04. The number of anilines is 2. The van der Waals surface area contributed by atoms with Gasteiger partial charge in [-0.05, 0) is 37.1 Å². The van der Waals surface area contributed by atoms with Crippen LogP contribution in [-0.4, -0.2) is 26.1 Å². The smallest absolute Gasteiger partial charge is 0.244 e. The van der Waals surface area contributed by atoms with Crippen LogP contribution in [0.15, 0.2) is 24.3 Å². The maximum atomic E-state index is 11.7. The standard InChI is InChI=1S/C11H15N3O3S/c1-18(16,17)14-9-4-2-8(3-5-9)13-10(15)11(12)6-7-11/h2-5,14H,6-7,12H2,1H3,(H,13,15). The average molecular weight is 269 g/mol. The minimum atomic E-state index is -3.28. The molecule has 7 heteroatoms. The quantitative estimate of drug-likeness (QED) is 0.740. The van der Waals surface area contributed by atoms with E-state index < -0.39 is 15.6 Å². The van der Waals surface area contributed by atoms with E-state index in [2.05, 4.69) is 10.0 Å². The third kappa shape index (κ3) is 3.21. The summed E-state index contributed by atoms with van der Waals surface area (Å²) in [5.74, 6) is -0.202. The van der Waals surface area contributed by atoms with Gasteiger partial charge in [0.25, 0.3) is 0 Å². The Bertz CT molecular complexity index is 562. The van der Waals surface area contributed by atoms with E-state index in [1.807, 2.05) is 0 Å². The van der Waals surface area contributed by atoms with Crippen molar-refractivity contribution in [2.24, 2.45) is 5.73 Å². The molecule has 1 aliphatic carbocycles. The number of nitrogens with one attached hydrogen (secondary N) is 2. The predicted molar refractivity (Wildman–Crippen MR) is 69.7 cm³/mol. The third-order valence-electron chi connectivity index (χ3n) is 2.69. The van der Waals surface area contributed by atoms with Crippen molar-refractivity contribution in [1.29, 1.82) is 0 Å². The summed E-state index contributed by atoms with van der Waals surface area (Å²) in [4.78, 5) is 11.7. The number of rotatable bonds is 4. The van der Waals surface area contributed by atoms with Crippen molar-refractivity contribution in [1.82, 2.24) is 0 Å². The van der Waals surface area contributed by atoms with Gasteiger partial charge in [0.1, 0.15) is 0 Å². The van der Waals surface area contributed by atoms with Gasteiger partial charge in [0.2, 0.25) is 15.9 Å². The lowest BCUT2D eigenvalue weighted by molar-refractivity contribution is -0.118. The second kappa shape index (κ2) is 4.25. The zero-order chi connectivity index (χ0) is 13.4. The number of carbonyl (C=O) groups excluding carboxylic acids is 1. The molecule has 0 aromatic heterocycles. The molecule has 4 N–H and O–H groups in total. The van der Waals surface area contributed by atoms with Crippen LogP contribution in [0.25, 0.3) is 0 Å². The number of amides is 1. The highest BCUT2D eigenvalue weighted by atomic mass is 32.2. The summed E-state index contributed by atoms with van der Waals surface area (Å²) in [6.07, 6.45) is 2.48. The number of nitrogens with two attached hydrogens (primary N) is 1. The molecule has 0 heterocycles.